The summed E-state index contributed by atoms with van der Waals surface area (Å²) in [6, 6.07) is 4.05. The number of rotatable bonds is 4. The van der Waals surface area contributed by atoms with E-state index in [1.807, 2.05) is 6.92 Å². The van der Waals surface area contributed by atoms with E-state index in [0.717, 1.165) is 0 Å². The van der Waals surface area contributed by atoms with Gasteiger partial charge < -0.3 is 9.73 Å². The number of hydrogen-bond donors (Lipinski definition) is 1. The van der Waals surface area contributed by atoms with Crippen molar-refractivity contribution in [3.63, 3.8) is 0 Å². The molecule has 0 saturated carbocycles. The topological polar surface area (TPSA) is 42.2 Å². The Balaban J connectivity index is 2.40. The third-order valence-corrected chi connectivity index (χ3v) is 2.71. The van der Waals surface area contributed by atoms with Crippen LogP contribution in [0.25, 0.3) is 11.0 Å². The number of nitrogens with one attached hydrogen (secondary N) is 1. The van der Waals surface area contributed by atoms with Gasteiger partial charge in [-0.2, -0.15) is 0 Å². The fraction of sp³-hybridized carbons (Fsp3) is 0.308. The molecule has 1 heterocycles. The van der Waals surface area contributed by atoms with Crippen molar-refractivity contribution in [2.24, 2.45) is 0 Å². The number of likely N-dealkylation sites (N-methyl/N-ethyl adjacent to an activating group) is 1. The highest BCUT2D eigenvalue weighted by Crippen LogP contribution is 2.21. The summed E-state index contributed by atoms with van der Waals surface area (Å²) in [4.78, 5) is 12.0. The average molecular weight is 235 g/mol. The number of Topliss-reactive ketones (excluding diaryl/α,β-unsaturated/α-hetero) is 1. The molecule has 0 bridgehead atoms. The molecule has 4 heteroatoms. The van der Waals surface area contributed by atoms with Crippen LogP contribution in [-0.4, -0.2) is 18.4 Å². The largest absolute Gasteiger partial charge is 0.464 e. The van der Waals surface area contributed by atoms with E-state index in [-0.39, 0.29) is 11.3 Å². The highest BCUT2D eigenvalue weighted by molar-refractivity contribution is 6.02. The molecule has 1 unspecified atom stereocenters. The summed E-state index contributed by atoms with van der Waals surface area (Å²) in [5.41, 5.74) is 0.597. The summed E-state index contributed by atoms with van der Waals surface area (Å²) in [7, 11) is 0. The zero-order valence-electron chi connectivity index (χ0n) is 9.79. The molecule has 0 aliphatic rings. The van der Waals surface area contributed by atoms with E-state index in [1.54, 1.807) is 13.0 Å². The molecule has 1 atom stereocenters. The van der Waals surface area contributed by atoms with Crippen LogP contribution in [0.5, 0.6) is 0 Å². The highest BCUT2D eigenvalue weighted by atomic mass is 19.1. The quantitative estimate of drug-likeness (QED) is 0.828. The van der Waals surface area contributed by atoms with Crippen molar-refractivity contribution in [3.8, 4) is 0 Å². The summed E-state index contributed by atoms with van der Waals surface area (Å²) in [5, 5.41) is 3.63. The number of benzene rings is 1. The fourth-order valence-electron chi connectivity index (χ4n) is 1.80. The maximum absolute atomic E-state index is 13.8. The molecule has 90 valence electrons. The average Bonchev–Trinajstić information content (AvgIpc) is 2.74. The Morgan fingerprint density at radius 1 is 1.53 bits per heavy atom. The Morgan fingerprint density at radius 3 is 3.00 bits per heavy atom. The van der Waals surface area contributed by atoms with Gasteiger partial charge in [0.2, 0.25) is 0 Å². The Hall–Kier alpha value is -1.68. The molecule has 0 aliphatic heterocycles. The molecule has 3 nitrogen and oxygen atoms in total. The molecule has 0 radical (unpaired) electrons. The number of carbonyl (C=O) groups excluding carboxylic acids is 1. The van der Waals surface area contributed by atoms with Gasteiger partial charge in [0.1, 0.15) is 11.4 Å². The maximum Gasteiger partial charge on any atom is 0.182 e. The number of fused-ring (bicyclic) bond motifs is 1. The van der Waals surface area contributed by atoms with Crippen LogP contribution in [0.15, 0.2) is 28.9 Å². The van der Waals surface area contributed by atoms with Gasteiger partial charge in [0, 0.05) is 5.39 Å². The van der Waals surface area contributed by atoms with E-state index in [9.17, 15) is 9.18 Å². The second-order valence-electron chi connectivity index (χ2n) is 3.93. The van der Waals surface area contributed by atoms with Crippen molar-refractivity contribution in [2.45, 2.75) is 19.9 Å². The van der Waals surface area contributed by atoms with Gasteiger partial charge in [-0.1, -0.05) is 6.92 Å². The number of furan rings is 1. The van der Waals surface area contributed by atoms with Crippen molar-refractivity contribution in [1.29, 1.82) is 0 Å². The third-order valence-electron chi connectivity index (χ3n) is 2.71. The highest BCUT2D eigenvalue weighted by Gasteiger charge is 2.19. The zero-order valence-corrected chi connectivity index (χ0v) is 9.79. The molecule has 0 spiro atoms. The summed E-state index contributed by atoms with van der Waals surface area (Å²) in [6.45, 7) is 4.28. The maximum atomic E-state index is 13.8. The summed E-state index contributed by atoms with van der Waals surface area (Å²) < 4.78 is 18.9. The molecule has 17 heavy (non-hydrogen) atoms. The predicted molar refractivity (Wildman–Crippen MR) is 63.6 cm³/mol. The number of halogens is 1. The van der Waals surface area contributed by atoms with Crippen molar-refractivity contribution < 1.29 is 13.6 Å². The molecule has 2 rings (SSSR count). The minimum Gasteiger partial charge on any atom is -0.464 e. The van der Waals surface area contributed by atoms with Gasteiger partial charge in [-0.3, -0.25) is 4.79 Å². The molecule has 1 N–H and O–H groups in total. The van der Waals surface area contributed by atoms with Crippen LogP contribution >= 0.6 is 0 Å². The van der Waals surface area contributed by atoms with Crippen LogP contribution in [0.3, 0.4) is 0 Å². The zero-order chi connectivity index (χ0) is 12.4. The first-order valence-electron chi connectivity index (χ1n) is 5.58. The molecule has 0 amide bonds. The Bertz CT molecular complexity index is 547. The van der Waals surface area contributed by atoms with E-state index < -0.39 is 11.9 Å². The first kappa shape index (κ1) is 11.8. The van der Waals surface area contributed by atoms with Gasteiger partial charge in [0.05, 0.1) is 17.9 Å². The molecule has 0 fully saturated rings. The van der Waals surface area contributed by atoms with Crippen molar-refractivity contribution >= 4 is 16.8 Å². The van der Waals surface area contributed by atoms with Crippen LogP contribution in [0.4, 0.5) is 4.39 Å². The minimum atomic E-state index is -0.506. The van der Waals surface area contributed by atoms with E-state index >= 15 is 0 Å². The van der Waals surface area contributed by atoms with E-state index in [1.165, 1.54) is 18.4 Å². The Morgan fingerprint density at radius 2 is 2.29 bits per heavy atom. The van der Waals surface area contributed by atoms with Crippen LogP contribution < -0.4 is 5.32 Å². The van der Waals surface area contributed by atoms with Crippen LogP contribution in [0.1, 0.15) is 24.2 Å². The third kappa shape index (κ3) is 2.22. The van der Waals surface area contributed by atoms with Gasteiger partial charge >= 0.3 is 0 Å². The van der Waals surface area contributed by atoms with Gasteiger partial charge in [-0.15, -0.1) is 0 Å². The second-order valence-corrected chi connectivity index (χ2v) is 3.93. The van der Waals surface area contributed by atoms with E-state index in [0.29, 0.717) is 17.5 Å². The molecule has 1 aromatic carbocycles. The Labute approximate surface area is 98.6 Å². The van der Waals surface area contributed by atoms with Crippen molar-refractivity contribution in [1.82, 2.24) is 5.32 Å². The van der Waals surface area contributed by atoms with E-state index in [2.05, 4.69) is 5.32 Å². The number of hydrogen-bond acceptors (Lipinski definition) is 3. The van der Waals surface area contributed by atoms with Crippen molar-refractivity contribution in [2.75, 3.05) is 6.54 Å². The molecule has 0 aliphatic carbocycles. The number of ketones is 1. The first-order valence-corrected chi connectivity index (χ1v) is 5.58. The normalized spacial score (nSPS) is 12.9. The monoisotopic (exact) mass is 235 g/mol. The summed E-state index contributed by atoms with van der Waals surface area (Å²) in [5.74, 6) is -0.767. The SMILES string of the molecule is CCNC(C)C(=O)c1cc2occc2cc1F. The lowest BCUT2D eigenvalue weighted by Gasteiger charge is -2.11. The predicted octanol–water partition coefficient (Wildman–Crippen LogP) is 2.75. The van der Waals surface area contributed by atoms with Crippen LogP contribution in [0, 0.1) is 5.82 Å². The van der Waals surface area contributed by atoms with Gasteiger partial charge in [0.15, 0.2) is 5.78 Å². The van der Waals surface area contributed by atoms with Crippen molar-refractivity contribution in [3.05, 3.63) is 35.8 Å². The van der Waals surface area contributed by atoms with Gasteiger partial charge in [-0.05, 0) is 31.7 Å². The molecule has 2 aromatic rings. The lowest BCUT2D eigenvalue weighted by molar-refractivity contribution is 0.0948. The fourth-order valence-corrected chi connectivity index (χ4v) is 1.80. The smallest absolute Gasteiger partial charge is 0.182 e. The lowest BCUT2D eigenvalue weighted by Crippen LogP contribution is -2.34. The van der Waals surface area contributed by atoms with Crippen LogP contribution in [0.2, 0.25) is 0 Å². The van der Waals surface area contributed by atoms with Crippen LogP contribution in [-0.2, 0) is 0 Å². The molecule has 0 saturated heterocycles. The van der Waals surface area contributed by atoms with Gasteiger partial charge in [0.25, 0.3) is 0 Å². The van der Waals surface area contributed by atoms with E-state index in [4.69, 9.17) is 4.42 Å². The first-order chi connectivity index (χ1) is 8.13. The summed E-state index contributed by atoms with van der Waals surface area (Å²) in [6.07, 6.45) is 1.48. The van der Waals surface area contributed by atoms with Gasteiger partial charge in [-0.25, -0.2) is 4.39 Å². The number of carbonyl (C=O) groups is 1. The Kier molecular flexibility index (Phi) is 3.24. The second kappa shape index (κ2) is 4.67. The minimum absolute atomic E-state index is 0.0703. The molecule has 1 aromatic heterocycles. The summed E-state index contributed by atoms with van der Waals surface area (Å²) >= 11 is 0. The molecular weight excluding hydrogens is 221 g/mol. The molecular formula is C13H14FNO2. The lowest BCUT2D eigenvalue weighted by atomic mass is 10.0. The standard InChI is InChI=1S/C13H14FNO2/c1-3-15-8(2)13(16)10-7-12-9(4-5-17-12)6-11(10)14/h4-8,15H,3H2,1-2H3.